The van der Waals surface area contributed by atoms with Crippen LogP contribution in [-0.4, -0.2) is 43.2 Å². The van der Waals surface area contributed by atoms with Crippen LogP contribution in [0.15, 0.2) is 0 Å². The number of ether oxygens (including phenoxy) is 2. The van der Waals surface area contributed by atoms with E-state index in [4.69, 9.17) is 17.3 Å². The van der Waals surface area contributed by atoms with Crippen molar-refractivity contribution in [3.05, 3.63) is 0 Å². The fourth-order valence-corrected chi connectivity index (χ4v) is 2.62. The highest BCUT2D eigenvalue weighted by Gasteiger charge is 2.54. The van der Waals surface area contributed by atoms with Crippen molar-refractivity contribution < 1.29 is 9.47 Å². The molecule has 0 aromatic heterocycles. The van der Waals surface area contributed by atoms with Gasteiger partial charge >= 0.3 is 0 Å². The van der Waals surface area contributed by atoms with Gasteiger partial charge in [0, 0.05) is 16.5 Å². The van der Waals surface area contributed by atoms with Crippen LogP contribution in [-0.2, 0) is 9.47 Å². The molecule has 2 aliphatic rings. The Morgan fingerprint density at radius 3 is 2.67 bits per heavy atom. The maximum Gasteiger partial charge on any atom is 0.110 e. The second-order valence-corrected chi connectivity index (χ2v) is 4.95. The third-order valence-electron chi connectivity index (χ3n) is 2.18. The van der Waals surface area contributed by atoms with Crippen molar-refractivity contribution >= 4 is 19.6 Å². The lowest BCUT2D eigenvalue weighted by Crippen LogP contribution is -2.24. The maximum atomic E-state index is 5.72. The zero-order valence-electron chi connectivity index (χ0n) is 7.40. The van der Waals surface area contributed by atoms with Gasteiger partial charge in [-0.15, -0.1) is 11.8 Å². The Labute approximate surface area is 78.8 Å². The molecular weight excluding hydrogens is 171 g/mol. The van der Waals surface area contributed by atoms with Gasteiger partial charge in [0.15, 0.2) is 0 Å². The molecule has 0 spiro atoms. The van der Waals surface area contributed by atoms with Crippen LogP contribution in [0.3, 0.4) is 0 Å². The molecule has 66 valence electrons. The van der Waals surface area contributed by atoms with Crippen LogP contribution >= 0.6 is 11.8 Å². The van der Waals surface area contributed by atoms with Crippen LogP contribution in [0.1, 0.15) is 13.8 Å². The lowest BCUT2D eigenvalue weighted by atomic mass is 9.97. The molecule has 0 aliphatic carbocycles. The van der Waals surface area contributed by atoms with Crippen molar-refractivity contribution in [1.29, 1.82) is 0 Å². The van der Waals surface area contributed by atoms with E-state index >= 15 is 0 Å². The van der Waals surface area contributed by atoms with E-state index in [0.29, 0.717) is 17.1 Å². The molecule has 4 atom stereocenters. The van der Waals surface area contributed by atoms with Crippen LogP contribution in [0.5, 0.6) is 0 Å². The van der Waals surface area contributed by atoms with Gasteiger partial charge in [0.25, 0.3) is 0 Å². The first-order valence-corrected chi connectivity index (χ1v) is 5.31. The summed E-state index contributed by atoms with van der Waals surface area (Å²) in [5.41, 5.74) is 0. The molecule has 2 fully saturated rings. The number of hydrogen-bond donors (Lipinski definition) is 0. The van der Waals surface area contributed by atoms with Crippen LogP contribution in [0.2, 0.25) is 0 Å². The highest BCUT2D eigenvalue weighted by Crippen LogP contribution is 2.52. The predicted molar refractivity (Wildman–Crippen MR) is 50.7 cm³/mol. The van der Waals surface area contributed by atoms with Crippen molar-refractivity contribution in [3.63, 3.8) is 0 Å². The summed E-state index contributed by atoms with van der Waals surface area (Å²) in [6.07, 6.45) is 0.519. The first kappa shape index (κ1) is 8.91. The molecule has 2 heterocycles. The van der Waals surface area contributed by atoms with Crippen molar-refractivity contribution in [3.8, 4) is 0 Å². The minimum absolute atomic E-state index is 0.0548. The van der Waals surface area contributed by atoms with Crippen LogP contribution in [0.4, 0.5) is 0 Å². The van der Waals surface area contributed by atoms with E-state index in [1.165, 1.54) is 0 Å². The highest BCUT2D eigenvalue weighted by atomic mass is 32.2. The first-order valence-electron chi connectivity index (χ1n) is 4.36. The van der Waals surface area contributed by atoms with E-state index in [2.05, 4.69) is 0 Å². The number of rotatable bonds is 3. The SMILES string of the molecule is [B][C@@H]1O[C@H](COC(C)C)C2S[C@H]21. The van der Waals surface area contributed by atoms with Crippen LogP contribution < -0.4 is 0 Å². The van der Waals surface area contributed by atoms with Gasteiger partial charge in [0.1, 0.15) is 7.85 Å². The van der Waals surface area contributed by atoms with E-state index in [9.17, 15) is 0 Å². The largest absolute Gasteiger partial charge is 0.380 e. The molecule has 4 heteroatoms. The van der Waals surface area contributed by atoms with E-state index in [1.54, 1.807) is 0 Å². The molecule has 2 rings (SSSR count). The molecular formula is C8H13BO2S. The maximum absolute atomic E-state index is 5.72. The number of thioether (sulfide) groups is 1. The Kier molecular flexibility index (Phi) is 2.41. The zero-order valence-corrected chi connectivity index (χ0v) is 8.21. The molecule has 2 nitrogen and oxygen atoms in total. The van der Waals surface area contributed by atoms with E-state index in [-0.39, 0.29) is 18.2 Å². The minimum atomic E-state index is -0.0548. The molecule has 0 bridgehead atoms. The van der Waals surface area contributed by atoms with Crippen molar-refractivity contribution in [2.24, 2.45) is 0 Å². The first-order chi connectivity index (χ1) is 5.68. The number of fused-ring (bicyclic) bond motifs is 1. The minimum Gasteiger partial charge on any atom is -0.380 e. The van der Waals surface area contributed by atoms with Gasteiger partial charge in [0.05, 0.1) is 18.8 Å². The lowest BCUT2D eigenvalue weighted by molar-refractivity contribution is -0.0151. The van der Waals surface area contributed by atoms with Gasteiger partial charge in [-0.1, -0.05) is 0 Å². The Bertz CT molecular complexity index is 176. The average molecular weight is 184 g/mol. The van der Waals surface area contributed by atoms with E-state index in [0.717, 1.165) is 0 Å². The summed E-state index contributed by atoms with van der Waals surface area (Å²) in [4.78, 5) is 0. The van der Waals surface area contributed by atoms with Crippen molar-refractivity contribution in [1.82, 2.24) is 0 Å². The van der Waals surface area contributed by atoms with E-state index < -0.39 is 0 Å². The number of hydrogen-bond acceptors (Lipinski definition) is 3. The predicted octanol–water partition coefficient (Wildman–Crippen LogP) is 0.789. The zero-order chi connectivity index (χ0) is 8.72. The van der Waals surface area contributed by atoms with Gasteiger partial charge in [0.2, 0.25) is 0 Å². The molecule has 0 saturated carbocycles. The Balaban J connectivity index is 1.76. The topological polar surface area (TPSA) is 18.5 Å². The fraction of sp³-hybridized carbons (Fsp3) is 1.00. The summed E-state index contributed by atoms with van der Waals surface area (Å²) in [7, 11) is 5.72. The van der Waals surface area contributed by atoms with Crippen LogP contribution in [0.25, 0.3) is 0 Å². The fourth-order valence-electron chi connectivity index (χ4n) is 1.48. The summed E-state index contributed by atoms with van der Waals surface area (Å²) in [5.74, 6) is 0. The molecule has 0 aromatic carbocycles. The standard InChI is InChI=1S/C8H13BO2S/c1-4(2)10-3-5-6-7(12-6)8(9)11-5/h4-8H,3H2,1-2H3/t5-,6?,7-,8-/m1/s1. The second kappa shape index (κ2) is 3.24. The van der Waals surface area contributed by atoms with Crippen molar-refractivity contribution in [2.75, 3.05) is 6.61 Å². The molecule has 2 aliphatic heterocycles. The molecule has 0 aromatic rings. The van der Waals surface area contributed by atoms with Gasteiger partial charge < -0.3 is 9.47 Å². The van der Waals surface area contributed by atoms with Gasteiger partial charge in [-0.2, -0.15) is 0 Å². The summed E-state index contributed by atoms with van der Waals surface area (Å²) in [6, 6.07) is -0.0548. The molecule has 12 heavy (non-hydrogen) atoms. The third-order valence-corrected chi connectivity index (χ3v) is 3.65. The molecule has 0 amide bonds. The quantitative estimate of drug-likeness (QED) is 0.477. The van der Waals surface area contributed by atoms with E-state index in [1.807, 2.05) is 25.6 Å². The molecule has 1 unspecified atom stereocenters. The molecule has 2 saturated heterocycles. The molecule has 0 N–H and O–H groups in total. The second-order valence-electron chi connectivity index (χ2n) is 3.59. The Hall–Kier alpha value is 0.335. The van der Waals surface area contributed by atoms with Gasteiger partial charge in [-0.05, 0) is 13.8 Å². The average Bonchev–Trinajstić information content (AvgIpc) is 2.71. The normalized spacial score (nSPS) is 44.9. The van der Waals surface area contributed by atoms with Gasteiger partial charge in [-0.3, -0.25) is 0 Å². The van der Waals surface area contributed by atoms with Gasteiger partial charge in [-0.25, -0.2) is 0 Å². The summed E-state index contributed by atoms with van der Waals surface area (Å²) < 4.78 is 11.0. The monoisotopic (exact) mass is 184 g/mol. The highest BCUT2D eigenvalue weighted by molar-refractivity contribution is 8.08. The molecule has 2 radical (unpaired) electrons. The third kappa shape index (κ3) is 1.65. The van der Waals surface area contributed by atoms with Crippen LogP contribution in [0, 0.1) is 0 Å². The smallest absolute Gasteiger partial charge is 0.110 e. The lowest BCUT2D eigenvalue weighted by Gasteiger charge is -2.16. The van der Waals surface area contributed by atoms with Crippen molar-refractivity contribution in [2.45, 2.75) is 42.6 Å². The summed E-state index contributed by atoms with van der Waals surface area (Å²) in [5, 5.41) is 1.16. The Morgan fingerprint density at radius 2 is 2.25 bits per heavy atom. The Morgan fingerprint density at radius 1 is 1.50 bits per heavy atom. The summed E-state index contributed by atoms with van der Waals surface area (Å²) in [6.45, 7) is 4.76. The summed E-state index contributed by atoms with van der Waals surface area (Å²) >= 11 is 1.92.